The number of amides is 4. The number of carbonyl (C=O) groups excluding carboxylic acids is 4. The maximum absolute atomic E-state index is 13.2. The van der Waals surface area contributed by atoms with Crippen LogP contribution in [0.4, 0.5) is 16.2 Å². The second kappa shape index (κ2) is 8.80. The largest absolute Gasteiger partial charge is 0.465 e. The third-order valence-corrected chi connectivity index (χ3v) is 6.92. The molecule has 1 saturated carbocycles. The van der Waals surface area contributed by atoms with Crippen molar-refractivity contribution in [3.63, 3.8) is 0 Å². The first-order chi connectivity index (χ1) is 15.4. The van der Waals surface area contributed by atoms with Crippen molar-refractivity contribution in [2.75, 3.05) is 44.0 Å². The van der Waals surface area contributed by atoms with E-state index in [0.29, 0.717) is 24.1 Å². The van der Waals surface area contributed by atoms with E-state index in [0.717, 1.165) is 55.8 Å². The molecular weight excluding hydrogens is 412 g/mol. The van der Waals surface area contributed by atoms with Crippen LogP contribution in [0.15, 0.2) is 18.2 Å². The highest BCUT2D eigenvalue weighted by molar-refractivity contribution is 6.10. The first kappa shape index (κ1) is 22.1. The Morgan fingerprint density at radius 1 is 1.06 bits per heavy atom. The zero-order chi connectivity index (χ0) is 22.9. The number of hydrogen-bond donors (Lipinski definition) is 1. The van der Waals surface area contributed by atoms with Crippen LogP contribution in [-0.4, -0.2) is 72.9 Å². The molecule has 3 aliphatic rings. The van der Waals surface area contributed by atoms with Crippen LogP contribution in [0.1, 0.15) is 55.3 Å². The lowest BCUT2D eigenvalue weighted by molar-refractivity contribution is -0.136. The molecule has 4 rings (SSSR count). The minimum Gasteiger partial charge on any atom is -0.465 e. The number of urea groups is 1. The van der Waals surface area contributed by atoms with Crippen molar-refractivity contribution < 1.29 is 23.9 Å². The first-order valence-electron chi connectivity index (χ1n) is 11.2. The van der Waals surface area contributed by atoms with Gasteiger partial charge in [-0.3, -0.25) is 14.5 Å². The number of esters is 1. The molecule has 32 heavy (non-hydrogen) atoms. The number of benzene rings is 1. The average Bonchev–Trinajstić information content (AvgIpc) is 3.40. The molecule has 0 unspecified atom stereocenters. The van der Waals surface area contributed by atoms with Crippen molar-refractivity contribution in [1.29, 1.82) is 0 Å². The number of likely N-dealkylation sites (N-methyl/N-ethyl adjacent to an activating group) is 1. The minimum absolute atomic E-state index is 0.289. The Balaban J connectivity index is 1.54. The van der Waals surface area contributed by atoms with Crippen molar-refractivity contribution in [3.8, 4) is 0 Å². The summed E-state index contributed by atoms with van der Waals surface area (Å²) in [6.45, 7) is 1.36. The second-order valence-corrected chi connectivity index (χ2v) is 8.79. The van der Waals surface area contributed by atoms with Gasteiger partial charge in [0.25, 0.3) is 5.91 Å². The highest BCUT2D eigenvalue weighted by Crippen LogP contribution is 2.39. The van der Waals surface area contributed by atoms with E-state index in [4.69, 9.17) is 4.74 Å². The average molecular weight is 443 g/mol. The number of imide groups is 1. The molecule has 0 atom stereocenters. The topological polar surface area (TPSA) is 99.3 Å². The van der Waals surface area contributed by atoms with Crippen LogP contribution in [0.3, 0.4) is 0 Å². The Hall–Kier alpha value is -3.10. The van der Waals surface area contributed by atoms with E-state index in [1.54, 1.807) is 25.2 Å². The number of rotatable bonds is 5. The molecule has 2 heterocycles. The van der Waals surface area contributed by atoms with E-state index in [1.807, 2.05) is 0 Å². The van der Waals surface area contributed by atoms with Crippen molar-refractivity contribution >= 4 is 35.2 Å². The predicted octanol–water partition coefficient (Wildman–Crippen LogP) is 2.61. The molecule has 1 N–H and O–H groups in total. The number of ether oxygens (including phenoxy) is 1. The van der Waals surface area contributed by atoms with Crippen molar-refractivity contribution in [1.82, 2.24) is 9.80 Å². The zero-order valence-electron chi connectivity index (χ0n) is 18.7. The van der Waals surface area contributed by atoms with Crippen molar-refractivity contribution in [3.05, 3.63) is 23.8 Å². The van der Waals surface area contributed by atoms with Gasteiger partial charge in [-0.15, -0.1) is 0 Å². The maximum Gasteiger partial charge on any atom is 0.337 e. The molecule has 9 heteroatoms. The van der Waals surface area contributed by atoms with Crippen LogP contribution in [0.5, 0.6) is 0 Å². The van der Waals surface area contributed by atoms with E-state index in [9.17, 15) is 19.2 Å². The van der Waals surface area contributed by atoms with Crippen LogP contribution in [0.2, 0.25) is 0 Å². The number of methoxy groups -OCH3 is 1. The lowest BCUT2D eigenvalue weighted by Gasteiger charge is -2.35. The Labute approximate surface area is 187 Å². The monoisotopic (exact) mass is 442 g/mol. The summed E-state index contributed by atoms with van der Waals surface area (Å²) in [7, 11) is 2.95. The molecule has 1 aromatic carbocycles. The van der Waals surface area contributed by atoms with Crippen LogP contribution >= 0.6 is 0 Å². The van der Waals surface area contributed by atoms with Gasteiger partial charge < -0.3 is 19.9 Å². The summed E-state index contributed by atoms with van der Waals surface area (Å²) in [5.74, 6) is -1.27. The standard InChI is InChI=1S/C23H30N4O5/c1-25-22(31)27(21(30)23(25)10-4-3-5-11-23)15-19(28)24-17-14-16(20(29)32-2)8-9-18(17)26-12-6-7-13-26/h8-9,14H,3-7,10-13,15H2,1-2H3,(H,24,28). The summed E-state index contributed by atoms with van der Waals surface area (Å²) in [5.41, 5.74) is 0.782. The molecule has 0 bridgehead atoms. The van der Waals surface area contributed by atoms with Crippen molar-refractivity contribution in [2.45, 2.75) is 50.5 Å². The minimum atomic E-state index is -0.818. The predicted molar refractivity (Wildman–Crippen MR) is 119 cm³/mol. The van der Waals surface area contributed by atoms with Gasteiger partial charge in [-0.25, -0.2) is 9.59 Å². The smallest absolute Gasteiger partial charge is 0.337 e. The van der Waals surface area contributed by atoms with Gasteiger partial charge in [-0.05, 0) is 43.9 Å². The van der Waals surface area contributed by atoms with E-state index in [2.05, 4.69) is 10.2 Å². The van der Waals surface area contributed by atoms with Crippen LogP contribution in [0, 0.1) is 0 Å². The number of hydrogen-bond acceptors (Lipinski definition) is 6. The Morgan fingerprint density at radius 2 is 1.75 bits per heavy atom. The summed E-state index contributed by atoms with van der Waals surface area (Å²) in [6, 6.07) is 4.61. The lowest BCUT2D eigenvalue weighted by Crippen LogP contribution is -2.49. The van der Waals surface area contributed by atoms with E-state index < -0.39 is 23.4 Å². The number of nitrogens with one attached hydrogen (secondary N) is 1. The van der Waals surface area contributed by atoms with Gasteiger partial charge in [0.05, 0.1) is 24.0 Å². The Kier molecular flexibility index (Phi) is 6.08. The summed E-state index contributed by atoms with van der Waals surface area (Å²) in [6.07, 6.45) is 6.20. The molecule has 1 aromatic rings. The molecule has 0 aromatic heterocycles. The zero-order valence-corrected chi connectivity index (χ0v) is 18.7. The van der Waals surface area contributed by atoms with E-state index >= 15 is 0 Å². The maximum atomic E-state index is 13.2. The van der Waals surface area contributed by atoms with Gasteiger partial charge in [0.15, 0.2) is 0 Å². The highest BCUT2D eigenvalue weighted by atomic mass is 16.5. The van der Waals surface area contributed by atoms with Crippen molar-refractivity contribution in [2.24, 2.45) is 0 Å². The quantitative estimate of drug-likeness (QED) is 0.556. The molecule has 2 aliphatic heterocycles. The van der Waals surface area contributed by atoms with E-state index in [1.165, 1.54) is 12.0 Å². The van der Waals surface area contributed by atoms with Gasteiger partial charge in [0, 0.05) is 20.1 Å². The number of anilines is 2. The third-order valence-electron chi connectivity index (χ3n) is 6.92. The fraction of sp³-hybridized carbons (Fsp3) is 0.565. The Morgan fingerprint density at radius 3 is 2.41 bits per heavy atom. The van der Waals surface area contributed by atoms with Gasteiger partial charge in [-0.1, -0.05) is 19.3 Å². The molecule has 4 amide bonds. The number of carbonyl (C=O) groups is 4. The lowest BCUT2D eigenvalue weighted by atomic mass is 9.81. The Bertz CT molecular complexity index is 934. The summed E-state index contributed by atoms with van der Waals surface area (Å²) in [4.78, 5) is 55.6. The molecule has 2 saturated heterocycles. The third kappa shape index (κ3) is 3.80. The van der Waals surface area contributed by atoms with E-state index in [-0.39, 0.29) is 12.5 Å². The van der Waals surface area contributed by atoms with Gasteiger partial charge in [-0.2, -0.15) is 0 Å². The summed E-state index contributed by atoms with van der Waals surface area (Å²) < 4.78 is 4.80. The summed E-state index contributed by atoms with van der Waals surface area (Å²) in [5, 5.41) is 2.83. The van der Waals surface area contributed by atoms with Crippen LogP contribution in [-0.2, 0) is 14.3 Å². The molecule has 1 spiro atoms. The van der Waals surface area contributed by atoms with Gasteiger partial charge >= 0.3 is 12.0 Å². The summed E-state index contributed by atoms with van der Waals surface area (Å²) >= 11 is 0. The van der Waals surface area contributed by atoms with Crippen LogP contribution < -0.4 is 10.2 Å². The number of nitrogens with zero attached hydrogens (tertiary/aromatic N) is 3. The molecular formula is C23H30N4O5. The van der Waals surface area contributed by atoms with Crippen LogP contribution in [0.25, 0.3) is 0 Å². The fourth-order valence-corrected chi connectivity index (χ4v) is 5.12. The molecule has 0 radical (unpaired) electrons. The molecule has 9 nitrogen and oxygen atoms in total. The SMILES string of the molecule is COC(=O)c1ccc(N2CCCC2)c(NC(=O)CN2C(=O)N(C)C3(CCCCC3)C2=O)c1. The molecule has 1 aliphatic carbocycles. The van der Waals surface area contributed by atoms with Gasteiger partial charge in [0.1, 0.15) is 12.1 Å². The highest BCUT2D eigenvalue weighted by Gasteiger charge is 2.55. The normalized spacial score (nSPS) is 20.2. The van der Waals surface area contributed by atoms with Gasteiger partial charge in [0.2, 0.25) is 5.91 Å². The molecule has 172 valence electrons. The molecule has 3 fully saturated rings. The first-order valence-corrected chi connectivity index (χ1v) is 11.2. The second-order valence-electron chi connectivity index (χ2n) is 8.79. The fourth-order valence-electron chi connectivity index (χ4n) is 5.12.